The number of nitrogens with two attached hydrogens (primary N) is 1. The van der Waals surface area contributed by atoms with Gasteiger partial charge in [0.05, 0.1) is 5.56 Å². The second kappa shape index (κ2) is 4.99. The molecule has 1 heterocycles. The van der Waals surface area contributed by atoms with Crippen LogP contribution in [0, 0.1) is 0 Å². The van der Waals surface area contributed by atoms with Crippen LogP contribution in [0.3, 0.4) is 0 Å². The van der Waals surface area contributed by atoms with Gasteiger partial charge in [-0.3, -0.25) is 9.59 Å². The fraction of sp³-hybridized carbons (Fsp3) is 0.231. The van der Waals surface area contributed by atoms with Crippen LogP contribution in [-0.2, 0) is 15.8 Å². The molecule has 0 aromatic heterocycles. The Morgan fingerprint density at radius 3 is 2.35 bits per heavy atom. The molecule has 0 aliphatic carbocycles. The van der Waals surface area contributed by atoms with E-state index in [9.17, 15) is 22.8 Å². The van der Waals surface area contributed by atoms with Crippen molar-refractivity contribution in [2.24, 2.45) is 5.73 Å². The summed E-state index contributed by atoms with van der Waals surface area (Å²) in [6.45, 7) is 0. The number of primary amides is 1. The van der Waals surface area contributed by atoms with E-state index in [-0.39, 0.29) is 17.9 Å². The van der Waals surface area contributed by atoms with Gasteiger partial charge in [0.15, 0.2) is 0 Å². The average Bonchev–Trinajstić information content (AvgIpc) is 2.37. The zero-order chi connectivity index (χ0) is 14.9. The third kappa shape index (κ3) is 2.81. The van der Waals surface area contributed by atoms with Crippen molar-refractivity contribution in [3.8, 4) is 0 Å². The van der Waals surface area contributed by atoms with Gasteiger partial charge in [0.2, 0.25) is 11.8 Å². The molecule has 0 spiro atoms. The monoisotopic (exact) mass is 284 g/mol. The van der Waals surface area contributed by atoms with Crippen molar-refractivity contribution in [2.75, 3.05) is 0 Å². The van der Waals surface area contributed by atoms with Gasteiger partial charge in [0.1, 0.15) is 0 Å². The SMILES string of the molecule is NC(=O)C1=CNC(=O)CC1c1ccc(C(F)(F)F)cc1. The first kappa shape index (κ1) is 14.1. The van der Waals surface area contributed by atoms with Crippen LogP contribution >= 0.6 is 0 Å². The summed E-state index contributed by atoms with van der Waals surface area (Å²) in [6, 6.07) is 4.34. The highest BCUT2D eigenvalue weighted by Gasteiger charge is 2.32. The summed E-state index contributed by atoms with van der Waals surface area (Å²) in [6.07, 6.45) is -3.25. The first-order valence-corrected chi connectivity index (χ1v) is 5.75. The van der Waals surface area contributed by atoms with Gasteiger partial charge in [0.25, 0.3) is 0 Å². The van der Waals surface area contributed by atoms with Gasteiger partial charge in [-0.05, 0) is 17.7 Å². The maximum Gasteiger partial charge on any atom is 0.416 e. The first-order valence-electron chi connectivity index (χ1n) is 5.75. The van der Waals surface area contributed by atoms with Crippen LogP contribution in [-0.4, -0.2) is 11.8 Å². The Labute approximate surface area is 112 Å². The largest absolute Gasteiger partial charge is 0.416 e. The minimum atomic E-state index is -4.43. The van der Waals surface area contributed by atoms with Gasteiger partial charge in [-0.25, -0.2) is 0 Å². The third-order valence-electron chi connectivity index (χ3n) is 3.08. The molecule has 0 radical (unpaired) electrons. The van der Waals surface area contributed by atoms with E-state index in [1.54, 1.807) is 0 Å². The van der Waals surface area contributed by atoms with Crippen molar-refractivity contribution in [3.63, 3.8) is 0 Å². The lowest BCUT2D eigenvalue weighted by atomic mass is 9.86. The Morgan fingerprint density at radius 1 is 1.25 bits per heavy atom. The van der Waals surface area contributed by atoms with Crippen molar-refractivity contribution >= 4 is 11.8 Å². The Balaban J connectivity index is 2.34. The molecule has 0 saturated heterocycles. The van der Waals surface area contributed by atoms with Crippen molar-refractivity contribution in [2.45, 2.75) is 18.5 Å². The number of benzene rings is 1. The van der Waals surface area contributed by atoms with Gasteiger partial charge in [-0.1, -0.05) is 12.1 Å². The zero-order valence-electron chi connectivity index (χ0n) is 10.2. The molecule has 1 aliphatic heterocycles. The maximum atomic E-state index is 12.5. The van der Waals surface area contributed by atoms with E-state index >= 15 is 0 Å². The second-order valence-electron chi connectivity index (χ2n) is 4.41. The molecule has 0 saturated carbocycles. The van der Waals surface area contributed by atoms with Crippen LogP contribution in [0.2, 0.25) is 0 Å². The molecule has 1 atom stereocenters. The van der Waals surface area contributed by atoms with E-state index in [0.717, 1.165) is 12.1 Å². The number of carbonyl (C=O) groups is 2. The van der Waals surface area contributed by atoms with Crippen LogP contribution in [0.25, 0.3) is 0 Å². The van der Waals surface area contributed by atoms with Crippen molar-refractivity contribution in [1.29, 1.82) is 0 Å². The molecule has 0 fully saturated rings. The van der Waals surface area contributed by atoms with E-state index in [2.05, 4.69) is 5.32 Å². The first-order chi connectivity index (χ1) is 9.29. The topological polar surface area (TPSA) is 72.2 Å². The van der Waals surface area contributed by atoms with E-state index < -0.39 is 23.6 Å². The lowest BCUT2D eigenvalue weighted by Gasteiger charge is -2.22. The Kier molecular flexibility index (Phi) is 3.52. The van der Waals surface area contributed by atoms with E-state index in [1.165, 1.54) is 18.3 Å². The Morgan fingerprint density at radius 2 is 1.85 bits per heavy atom. The fourth-order valence-electron chi connectivity index (χ4n) is 2.06. The molecule has 7 heteroatoms. The summed E-state index contributed by atoms with van der Waals surface area (Å²) in [7, 11) is 0. The molecule has 1 aliphatic rings. The van der Waals surface area contributed by atoms with E-state index in [0.29, 0.717) is 5.56 Å². The lowest BCUT2D eigenvalue weighted by molar-refractivity contribution is -0.137. The predicted molar refractivity (Wildman–Crippen MR) is 64.2 cm³/mol. The van der Waals surface area contributed by atoms with Gasteiger partial charge in [0, 0.05) is 24.1 Å². The molecule has 106 valence electrons. The summed E-state index contributed by atoms with van der Waals surface area (Å²) in [5, 5.41) is 2.37. The molecule has 1 unspecified atom stereocenters. The Hall–Kier alpha value is -2.31. The highest BCUT2D eigenvalue weighted by atomic mass is 19.4. The summed E-state index contributed by atoms with van der Waals surface area (Å²) in [5.74, 6) is -1.65. The predicted octanol–water partition coefficient (Wildman–Crippen LogP) is 1.68. The number of carbonyl (C=O) groups excluding carboxylic acids is 2. The number of nitrogens with one attached hydrogen (secondary N) is 1. The summed E-state index contributed by atoms with van der Waals surface area (Å²) in [5.41, 5.74) is 5.03. The van der Waals surface area contributed by atoms with Crippen LogP contribution in [0.4, 0.5) is 13.2 Å². The molecule has 4 nitrogen and oxygen atoms in total. The van der Waals surface area contributed by atoms with Crippen molar-refractivity contribution in [3.05, 3.63) is 47.2 Å². The van der Waals surface area contributed by atoms with E-state index in [4.69, 9.17) is 5.73 Å². The molecule has 1 aromatic carbocycles. The normalized spacial score (nSPS) is 19.2. The van der Waals surface area contributed by atoms with Crippen molar-refractivity contribution in [1.82, 2.24) is 5.32 Å². The zero-order valence-corrected chi connectivity index (χ0v) is 10.2. The smallest absolute Gasteiger partial charge is 0.366 e. The van der Waals surface area contributed by atoms with Gasteiger partial charge in [-0.15, -0.1) is 0 Å². The number of halogens is 3. The molecule has 3 N–H and O–H groups in total. The van der Waals surface area contributed by atoms with E-state index in [1.807, 2.05) is 0 Å². The lowest BCUT2D eigenvalue weighted by Crippen LogP contribution is -2.32. The molecule has 20 heavy (non-hydrogen) atoms. The number of hydrogen-bond acceptors (Lipinski definition) is 2. The standard InChI is InChI=1S/C13H11F3N2O2/c14-13(15,16)8-3-1-7(2-4-8)9-5-11(19)18-6-10(9)12(17)20/h1-4,6,9H,5H2,(H2,17,20)(H,18,19). The van der Waals surface area contributed by atoms with Crippen LogP contribution < -0.4 is 11.1 Å². The number of amides is 2. The second-order valence-corrected chi connectivity index (χ2v) is 4.41. The van der Waals surface area contributed by atoms with Crippen molar-refractivity contribution < 1.29 is 22.8 Å². The van der Waals surface area contributed by atoms with Gasteiger partial charge >= 0.3 is 6.18 Å². The highest BCUT2D eigenvalue weighted by molar-refractivity contribution is 5.97. The quantitative estimate of drug-likeness (QED) is 0.867. The van der Waals surface area contributed by atoms with Crippen LogP contribution in [0.15, 0.2) is 36.0 Å². The van der Waals surface area contributed by atoms with Crippen LogP contribution in [0.1, 0.15) is 23.5 Å². The number of hydrogen-bond donors (Lipinski definition) is 2. The Bertz CT molecular complexity index is 576. The van der Waals surface area contributed by atoms with Gasteiger partial charge < -0.3 is 11.1 Å². The summed E-state index contributed by atoms with van der Waals surface area (Å²) < 4.78 is 37.4. The molecular weight excluding hydrogens is 273 g/mol. The summed E-state index contributed by atoms with van der Waals surface area (Å²) in [4.78, 5) is 22.6. The fourth-order valence-corrected chi connectivity index (χ4v) is 2.06. The number of rotatable bonds is 2. The molecule has 2 amide bonds. The molecule has 1 aromatic rings. The maximum absolute atomic E-state index is 12.5. The molecule has 2 rings (SSSR count). The summed E-state index contributed by atoms with van der Waals surface area (Å²) >= 11 is 0. The average molecular weight is 284 g/mol. The molecular formula is C13H11F3N2O2. The van der Waals surface area contributed by atoms with Crippen LogP contribution in [0.5, 0.6) is 0 Å². The number of alkyl halides is 3. The third-order valence-corrected chi connectivity index (χ3v) is 3.08. The molecule has 0 bridgehead atoms. The minimum absolute atomic E-state index is 0.0276. The highest BCUT2D eigenvalue weighted by Crippen LogP contribution is 2.33. The van der Waals surface area contributed by atoms with Gasteiger partial charge in [-0.2, -0.15) is 13.2 Å². The minimum Gasteiger partial charge on any atom is -0.366 e.